The van der Waals surface area contributed by atoms with Gasteiger partial charge in [-0.2, -0.15) is 5.10 Å². The van der Waals surface area contributed by atoms with Crippen LogP contribution in [0.4, 0.5) is 5.69 Å². The number of rotatable bonds is 8. The van der Waals surface area contributed by atoms with E-state index < -0.39 is 15.9 Å². The number of amides is 1. The average Bonchev–Trinajstić information content (AvgIpc) is 2.92. The van der Waals surface area contributed by atoms with Gasteiger partial charge in [0.25, 0.3) is 15.9 Å². The standard InChI is InChI=1S/C29H25Cl2N3O3S/c1-20-7-17-26(18-8-20)38(36,37)34(19-22-9-13-24(30)14-10-22)28-6-4-3-5-27(28)29(35)33-32-21(2)23-11-15-25(31)16-12-23/h3-18H,19H2,1-2H3,(H,33,35)/b32-21+. The molecule has 0 spiro atoms. The number of para-hydroxylation sites is 1. The summed E-state index contributed by atoms with van der Waals surface area (Å²) < 4.78 is 29.0. The molecule has 0 aliphatic heterocycles. The Balaban J connectivity index is 1.73. The SMILES string of the molecule is C/C(=N\NC(=O)c1ccccc1N(Cc1ccc(Cl)cc1)S(=O)(=O)c1ccc(C)cc1)c1ccc(Cl)cc1. The van der Waals surface area contributed by atoms with Crippen LogP contribution in [0, 0.1) is 6.92 Å². The van der Waals surface area contributed by atoms with Crippen molar-refractivity contribution in [3.8, 4) is 0 Å². The third kappa shape index (κ3) is 6.42. The van der Waals surface area contributed by atoms with Crippen molar-refractivity contribution in [1.82, 2.24) is 5.43 Å². The molecule has 4 aromatic carbocycles. The maximum atomic E-state index is 13.9. The second-order valence-electron chi connectivity index (χ2n) is 8.61. The fraction of sp³-hybridized carbons (Fsp3) is 0.103. The highest BCUT2D eigenvalue weighted by Gasteiger charge is 2.28. The van der Waals surface area contributed by atoms with Crippen LogP contribution in [0.15, 0.2) is 107 Å². The predicted octanol–water partition coefficient (Wildman–Crippen LogP) is 6.85. The molecule has 0 aliphatic rings. The fourth-order valence-corrected chi connectivity index (χ4v) is 5.45. The maximum Gasteiger partial charge on any atom is 0.273 e. The Hall–Kier alpha value is -3.65. The molecule has 1 N–H and O–H groups in total. The first-order valence-electron chi connectivity index (χ1n) is 11.7. The van der Waals surface area contributed by atoms with Gasteiger partial charge in [0.1, 0.15) is 0 Å². The summed E-state index contributed by atoms with van der Waals surface area (Å²) in [4.78, 5) is 13.4. The summed E-state index contributed by atoms with van der Waals surface area (Å²) in [6.07, 6.45) is 0. The lowest BCUT2D eigenvalue weighted by molar-refractivity contribution is 0.0955. The van der Waals surface area contributed by atoms with Gasteiger partial charge in [0, 0.05) is 10.0 Å². The first-order valence-corrected chi connectivity index (χ1v) is 13.9. The van der Waals surface area contributed by atoms with Gasteiger partial charge in [0.15, 0.2) is 0 Å². The van der Waals surface area contributed by atoms with Crippen LogP contribution >= 0.6 is 23.2 Å². The Kier molecular flexibility index (Phi) is 8.52. The number of carbonyl (C=O) groups excluding carboxylic acids is 1. The molecule has 0 saturated heterocycles. The molecule has 0 aliphatic carbocycles. The van der Waals surface area contributed by atoms with Gasteiger partial charge in [-0.3, -0.25) is 9.10 Å². The monoisotopic (exact) mass is 565 g/mol. The van der Waals surface area contributed by atoms with E-state index in [0.29, 0.717) is 21.3 Å². The van der Waals surface area contributed by atoms with Crippen molar-refractivity contribution in [3.05, 3.63) is 129 Å². The van der Waals surface area contributed by atoms with E-state index in [1.165, 1.54) is 4.31 Å². The van der Waals surface area contributed by atoms with Crippen molar-refractivity contribution in [3.63, 3.8) is 0 Å². The summed E-state index contributed by atoms with van der Waals surface area (Å²) in [5, 5.41) is 5.35. The van der Waals surface area contributed by atoms with E-state index >= 15 is 0 Å². The van der Waals surface area contributed by atoms with E-state index in [2.05, 4.69) is 10.5 Å². The molecular formula is C29H25Cl2N3O3S. The number of hydrazone groups is 1. The number of hydrogen-bond donors (Lipinski definition) is 1. The lowest BCUT2D eigenvalue weighted by Crippen LogP contribution is -2.33. The molecule has 0 saturated carbocycles. The Labute approximate surface area is 232 Å². The molecule has 194 valence electrons. The molecule has 0 atom stereocenters. The van der Waals surface area contributed by atoms with E-state index in [1.54, 1.807) is 104 Å². The Morgan fingerprint density at radius 1 is 0.842 bits per heavy atom. The number of nitrogens with zero attached hydrogens (tertiary/aromatic N) is 2. The molecule has 4 aromatic rings. The van der Waals surface area contributed by atoms with Crippen molar-refractivity contribution < 1.29 is 13.2 Å². The number of nitrogens with one attached hydrogen (secondary N) is 1. The summed E-state index contributed by atoms with van der Waals surface area (Å²) in [5.41, 5.74) is 5.93. The molecule has 0 heterocycles. The Morgan fingerprint density at radius 2 is 1.42 bits per heavy atom. The summed E-state index contributed by atoms with van der Waals surface area (Å²) >= 11 is 12.0. The summed E-state index contributed by atoms with van der Waals surface area (Å²) in [5.74, 6) is -0.547. The average molecular weight is 567 g/mol. The number of aryl methyl sites for hydroxylation is 1. The number of hydrogen-bond acceptors (Lipinski definition) is 4. The second-order valence-corrected chi connectivity index (χ2v) is 11.3. The predicted molar refractivity (Wildman–Crippen MR) is 154 cm³/mol. The molecule has 0 bridgehead atoms. The van der Waals surface area contributed by atoms with Gasteiger partial charge in [-0.05, 0) is 73.5 Å². The van der Waals surface area contributed by atoms with Crippen molar-refractivity contribution in [2.75, 3.05) is 4.31 Å². The van der Waals surface area contributed by atoms with Crippen LogP contribution in [-0.2, 0) is 16.6 Å². The van der Waals surface area contributed by atoms with Gasteiger partial charge in [-0.1, -0.05) is 77.3 Å². The zero-order chi connectivity index (χ0) is 27.3. The summed E-state index contributed by atoms with van der Waals surface area (Å²) in [6.45, 7) is 3.63. The van der Waals surface area contributed by atoms with Crippen LogP contribution in [0.25, 0.3) is 0 Å². The second kappa shape index (κ2) is 11.8. The van der Waals surface area contributed by atoms with Crippen LogP contribution in [0.3, 0.4) is 0 Å². The normalized spacial score (nSPS) is 11.7. The summed E-state index contributed by atoms with van der Waals surface area (Å²) in [7, 11) is -4.04. The number of halogens is 2. The van der Waals surface area contributed by atoms with Crippen molar-refractivity contribution in [1.29, 1.82) is 0 Å². The first-order chi connectivity index (χ1) is 18.1. The minimum atomic E-state index is -4.04. The third-order valence-corrected chi connectivity index (χ3v) is 8.13. The minimum Gasteiger partial charge on any atom is -0.267 e. The van der Waals surface area contributed by atoms with Crippen molar-refractivity contribution >= 4 is 50.5 Å². The summed E-state index contributed by atoms with van der Waals surface area (Å²) in [6, 6.07) is 27.1. The van der Waals surface area contributed by atoms with Crippen LogP contribution < -0.4 is 9.73 Å². The number of carbonyl (C=O) groups is 1. The van der Waals surface area contributed by atoms with Gasteiger partial charge >= 0.3 is 0 Å². The number of benzene rings is 4. The van der Waals surface area contributed by atoms with Crippen molar-refractivity contribution in [2.24, 2.45) is 5.10 Å². The molecule has 0 fully saturated rings. The fourth-order valence-electron chi connectivity index (χ4n) is 3.73. The minimum absolute atomic E-state index is 0.00918. The maximum absolute atomic E-state index is 13.9. The van der Waals surface area contributed by atoms with Crippen LogP contribution in [0.2, 0.25) is 10.0 Å². The van der Waals surface area contributed by atoms with E-state index in [1.807, 2.05) is 6.92 Å². The first kappa shape index (κ1) is 27.4. The molecule has 0 aromatic heterocycles. The molecular weight excluding hydrogens is 541 g/mol. The van der Waals surface area contributed by atoms with Gasteiger partial charge in [0.2, 0.25) is 0 Å². The quantitative estimate of drug-likeness (QED) is 0.187. The highest BCUT2D eigenvalue weighted by molar-refractivity contribution is 7.92. The van der Waals surface area contributed by atoms with E-state index in [-0.39, 0.29) is 22.7 Å². The number of anilines is 1. The Morgan fingerprint density at radius 3 is 2.05 bits per heavy atom. The van der Waals surface area contributed by atoms with Crippen LogP contribution in [0.1, 0.15) is 34.0 Å². The van der Waals surface area contributed by atoms with Crippen LogP contribution in [-0.4, -0.2) is 20.0 Å². The Bertz CT molecular complexity index is 1570. The van der Waals surface area contributed by atoms with Crippen LogP contribution in [0.5, 0.6) is 0 Å². The largest absolute Gasteiger partial charge is 0.273 e. The van der Waals surface area contributed by atoms with Gasteiger partial charge in [-0.15, -0.1) is 0 Å². The molecule has 0 unspecified atom stereocenters. The molecule has 1 amide bonds. The lowest BCUT2D eigenvalue weighted by Gasteiger charge is -2.26. The number of sulfonamides is 1. The lowest BCUT2D eigenvalue weighted by atomic mass is 10.1. The zero-order valence-electron chi connectivity index (χ0n) is 20.7. The van der Waals surface area contributed by atoms with Gasteiger partial charge < -0.3 is 0 Å². The van der Waals surface area contributed by atoms with Gasteiger partial charge in [-0.25, -0.2) is 13.8 Å². The van der Waals surface area contributed by atoms with E-state index in [0.717, 1.165) is 11.1 Å². The molecule has 6 nitrogen and oxygen atoms in total. The highest BCUT2D eigenvalue weighted by atomic mass is 35.5. The topological polar surface area (TPSA) is 78.8 Å². The van der Waals surface area contributed by atoms with Crippen molar-refractivity contribution in [2.45, 2.75) is 25.3 Å². The smallest absolute Gasteiger partial charge is 0.267 e. The van der Waals surface area contributed by atoms with E-state index in [9.17, 15) is 13.2 Å². The third-order valence-electron chi connectivity index (χ3n) is 5.85. The van der Waals surface area contributed by atoms with Gasteiger partial charge in [0.05, 0.1) is 28.4 Å². The molecule has 9 heteroatoms. The molecule has 4 rings (SSSR count). The van der Waals surface area contributed by atoms with E-state index in [4.69, 9.17) is 23.2 Å². The molecule has 38 heavy (non-hydrogen) atoms. The zero-order valence-corrected chi connectivity index (χ0v) is 23.1. The highest BCUT2D eigenvalue weighted by Crippen LogP contribution is 2.30. The molecule has 0 radical (unpaired) electrons.